The van der Waals surface area contributed by atoms with Gasteiger partial charge in [-0.3, -0.25) is 9.97 Å². The van der Waals surface area contributed by atoms with Crippen LogP contribution in [0.25, 0.3) is 0 Å². The summed E-state index contributed by atoms with van der Waals surface area (Å²) in [4.78, 5) is 8.40. The molecule has 0 saturated heterocycles. The van der Waals surface area contributed by atoms with Crippen molar-refractivity contribution in [1.29, 1.82) is 0 Å². The molecule has 0 saturated carbocycles. The predicted molar refractivity (Wildman–Crippen MR) is 71.6 cm³/mol. The van der Waals surface area contributed by atoms with E-state index < -0.39 is 0 Å². The number of nitrogens with one attached hydrogen (secondary N) is 1. The highest BCUT2D eigenvalue weighted by atomic mass is 79.9. The minimum absolute atomic E-state index is 0.833. The van der Waals surface area contributed by atoms with E-state index in [1.54, 1.807) is 6.20 Å². The third-order valence-electron chi connectivity index (χ3n) is 2.37. The molecule has 0 aliphatic heterocycles. The normalized spacial score (nSPS) is 10.4. The monoisotopic (exact) mass is 291 g/mol. The fraction of sp³-hybridized carbons (Fsp3) is 0.231. The average molecular weight is 292 g/mol. The van der Waals surface area contributed by atoms with Gasteiger partial charge in [-0.1, -0.05) is 6.07 Å². The highest BCUT2D eigenvalue weighted by Gasteiger charge is 1.96. The molecule has 0 spiro atoms. The van der Waals surface area contributed by atoms with Gasteiger partial charge in [0.25, 0.3) is 0 Å². The minimum atomic E-state index is 0.833. The van der Waals surface area contributed by atoms with Crippen molar-refractivity contribution in [3.8, 4) is 0 Å². The average Bonchev–Trinajstić information content (AvgIpc) is 2.36. The fourth-order valence-electron chi connectivity index (χ4n) is 1.55. The van der Waals surface area contributed by atoms with Crippen LogP contribution in [0.1, 0.15) is 11.3 Å². The van der Waals surface area contributed by atoms with Gasteiger partial charge in [0.1, 0.15) is 0 Å². The van der Waals surface area contributed by atoms with Crippen molar-refractivity contribution in [3.05, 3.63) is 58.6 Å². The van der Waals surface area contributed by atoms with E-state index in [1.165, 1.54) is 5.56 Å². The predicted octanol–water partition coefficient (Wildman–Crippen LogP) is 2.57. The SMILES string of the molecule is Brc1cncc(CNCCc2ccccn2)c1. The summed E-state index contributed by atoms with van der Waals surface area (Å²) in [6, 6.07) is 8.06. The molecule has 2 rings (SSSR count). The molecule has 4 heteroatoms. The standard InChI is InChI=1S/C13H14BrN3/c14-12-7-11(9-16-10-12)8-15-6-4-13-3-1-2-5-17-13/h1-3,5,7,9-10,15H,4,6,8H2. The molecule has 3 nitrogen and oxygen atoms in total. The lowest BCUT2D eigenvalue weighted by atomic mass is 10.2. The van der Waals surface area contributed by atoms with Crippen LogP contribution < -0.4 is 5.32 Å². The van der Waals surface area contributed by atoms with Crippen LogP contribution in [0.15, 0.2) is 47.3 Å². The first-order chi connectivity index (χ1) is 8.34. The van der Waals surface area contributed by atoms with Gasteiger partial charge in [0.2, 0.25) is 0 Å². The van der Waals surface area contributed by atoms with Gasteiger partial charge in [-0.05, 0) is 39.7 Å². The molecule has 0 aliphatic rings. The fourth-order valence-corrected chi connectivity index (χ4v) is 1.96. The maximum Gasteiger partial charge on any atom is 0.0416 e. The van der Waals surface area contributed by atoms with Crippen molar-refractivity contribution in [2.75, 3.05) is 6.54 Å². The molecule has 0 radical (unpaired) electrons. The van der Waals surface area contributed by atoms with Gasteiger partial charge in [0.15, 0.2) is 0 Å². The second-order valence-electron chi connectivity index (χ2n) is 3.76. The first-order valence-electron chi connectivity index (χ1n) is 5.54. The Morgan fingerprint density at radius 1 is 1.24 bits per heavy atom. The second-order valence-corrected chi connectivity index (χ2v) is 4.67. The molecule has 88 valence electrons. The number of halogens is 1. The Morgan fingerprint density at radius 2 is 2.18 bits per heavy atom. The van der Waals surface area contributed by atoms with Gasteiger partial charge < -0.3 is 5.32 Å². The molecule has 0 atom stereocenters. The number of hydrogen-bond donors (Lipinski definition) is 1. The van der Waals surface area contributed by atoms with E-state index in [9.17, 15) is 0 Å². The van der Waals surface area contributed by atoms with E-state index in [-0.39, 0.29) is 0 Å². The summed E-state index contributed by atoms with van der Waals surface area (Å²) in [5, 5.41) is 3.38. The van der Waals surface area contributed by atoms with Crippen LogP contribution in [-0.2, 0) is 13.0 Å². The highest BCUT2D eigenvalue weighted by Crippen LogP contribution is 2.09. The number of rotatable bonds is 5. The zero-order valence-electron chi connectivity index (χ0n) is 9.44. The molecule has 0 fully saturated rings. The Hall–Kier alpha value is -1.26. The van der Waals surface area contributed by atoms with Crippen LogP contribution in [0, 0.1) is 0 Å². The first-order valence-corrected chi connectivity index (χ1v) is 6.34. The Balaban J connectivity index is 1.73. The van der Waals surface area contributed by atoms with E-state index in [1.807, 2.05) is 30.6 Å². The lowest BCUT2D eigenvalue weighted by Crippen LogP contribution is -2.17. The van der Waals surface area contributed by atoms with Crippen molar-refractivity contribution in [2.24, 2.45) is 0 Å². The number of nitrogens with zero attached hydrogens (tertiary/aromatic N) is 2. The van der Waals surface area contributed by atoms with E-state index in [2.05, 4.69) is 37.3 Å². The summed E-state index contributed by atoms with van der Waals surface area (Å²) in [5.74, 6) is 0. The summed E-state index contributed by atoms with van der Waals surface area (Å²) >= 11 is 3.41. The minimum Gasteiger partial charge on any atom is -0.312 e. The van der Waals surface area contributed by atoms with Crippen LogP contribution in [0.5, 0.6) is 0 Å². The third-order valence-corrected chi connectivity index (χ3v) is 2.81. The van der Waals surface area contributed by atoms with Gasteiger partial charge in [-0.15, -0.1) is 0 Å². The lowest BCUT2D eigenvalue weighted by Gasteiger charge is -2.04. The highest BCUT2D eigenvalue weighted by molar-refractivity contribution is 9.10. The zero-order chi connectivity index (χ0) is 11.9. The smallest absolute Gasteiger partial charge is 0.0416 e. The largest absolute Gasteiger partial charge is 0.312 e. The van der Waals surface area contributed by atoms with Crippen LogP contribution in [0.4, 0.5) is 0 Å². The number of pyridine rings is 2. The van der Waals surface area contributed by atoms with Crippen molar-refractivity contribution in [3.63, 3.8) is 0 Å². The molecule has 2 heterocycles. The van der Waals surface area contributed by atoms with Gasteiger partial charge in [0, 0.05) is 48.3 Å². The first kappa shape index (κ1) is 12.2. The Bertz CT molecular complexity index is 459. The second kappa shape index (κ2) is 6.47. The quantitative estimate of drug-likeness (QED) is 0.861. The van der Waals surface area contributed by atoms with E-state index >= 15 is 0 Å². The Labute approximate surface area is 109 Å². The summed E-state index contributed by atoms with van der Waals surface area (Å²) in [6.45, 7) is 1.75. The molecule has 1 N–H and O–H groups in total. The molecular weight excluding hydrogens is 278 g/mol. The van der Waals surface area contributed by atoms with Crippen LogP contribution in [0.2, 0.25) is 0 Å². The zero-order valence-corrected chi connectivity index (χ0v) is 11.0. The van der Waals surface area contributed by atoms with Gasteiger partial charge in [0.05, 0.1) is 0 Å². The van der Waals surface area contributed by atoms with Gasteiger partial charge in [-0.2, -0.15) is 0 Å². The van der Waals surface area contributed by atoms with Gasteiger partial charge in [-0.25, -0.2) is 0 Å². The van der Waals surface area contributed by atoms with E-state index in [0.29, 0.717) is 0 Å². The Kier molecular flexibility index (Phi) is 4.64. The number of hydrogen-bond acceptors (Lipinski definition) is 3. The molecule has 0 aromatic carbocycles. The summed E-state index contributed by atoms with van der Waals surface area (Å²) in [7, 11) is 0. The third kappa shape index (κ3) is 4.24. The maximum absolute atomic E-state index is 4.28. The van der Waals surface area contributed by atoms with Crippen molar-refractivity contribution in [2.45, 2.75) is 13.0 Å². The van der Waals surface area contributed by atoms with E-state index in [4.69, 9.17) is 0 Å². The summed E-state index contributed by atoms with van der Waals surface area (Å²) in [5.41, 5.74) is 2.30. The van der Waals surface area contributed by atoms with Crippen molar-refractivity contribution < 1.29 is 0 Å². The summed E-state index contributed by atoms with van der Waals surface area (Å²) in [6.07, 6.45) is 6.44. The van der Waals surface area contributed by atoms with Crippen LogP contribution >= 0.6 is 15.9 Å². The molecule has 2 aromatic heterocycles. The van der Waals surface area contributed by atoms with Gasteiger partial charge >= 0.3 is 0 Å². The maximum atomic E-state index is 4.28. The molecule has 0 aliphatic carbocycles. The molecular formula is C13H14BrN3. The number of aromatic nitrogens is 2. The van der Waals surface area contributed by atoms with E-state index in [0.717, 1.165) is 29.7 Å². The topological polar surface area (TPSA) is 37.8 Å². The summed E-state index contributed by atoms with van der Waals surface area (Å²) < 4.78 is 1.02. The van der Waals surface area contributed by atoms with Crippen molar-refractivity contribution >= 4 is 15.9 Å². The Morgan fingerprint density at radius 3 is 2.94 bits per heavy atom. The van der Waals surface area contributed by atoms with Crippen LogP contribution in [-0.4, -0.2) is 16.5 Å². The molecule has 0 unspecified atom stereocenters. The van der Waals surface area contributed by atoms with Crippen molar-refractivity contribution in [1.82, 2.24) is 15.3 Å². The molecule has 2 aromatic rings. The molecule has 0 amide bonds. The molecule has 17 heavy (non-hydrogen) atoms. The lowest BCUT2D eigenvalue weighted by molar-refractivity contribution is 0.678. The molecule has 0 bridgehead atoms. The van der Waals surface area contributed by atoms with Crippen LogP contribution in [0.3, 0.4) is 0 Å².